The van der Waals surface area contributed by atoms with Crippen LogP contribution in [0.3, 0.4) is 0 Å². The molecule has 0 amide bonds. The molecule has 1 aliphatic carbocycles. The van der Waals surface area contributed by atoms with E-state index in [2.05, 4.69) is 18.6 Å². The Morgan fingerprint density at radius 2 is 1.56 bits per heavy atom. The van der Waals surface area contributed by atoms with Crippen LogP contribution in [0.1, 0.15) is 70.8 Å². The predicted octanol–water partition coefficient (Wildman–Crippen LogP) is 8.96. The van der Waals surface area contributed by atoms with E-state index in [1.807, 2.05) is 6.07 Å². The number of hydrogen-bond acceptors (Lipinski definition) is 1. The Hall–Kier alpha value is -2.04. The van der Waals surface area contributed by atoms with Gasteiger partial charge in [-0.1, -0.05) is 83.1 Å². The molecule has 2 aromatic rings. The minimum atomic E-state index is -4.73. The Balaban J connectivity index is 1.49. The summed E-state index contributed by atoms with van der Waals surface area (Å²) in [7, 11) is 0. The second kappa shape index (κ2) is 11.2. The summed E-state index contributed by atoms with van der Waals surface area (Å²) in [6, 6.07) is 10.5. The third-order valence-corrected chi connectivity index (χ3v) is 7.00. The van der Waals surface area contributed by atoms with Crippen molar-refractivity contribution in [2.75, 3.05) is 0 Å². The van der Waals surface area contributed by atoms with Crippen LogP contribution in [0.15, 0.2) is 42.5 Å². The Morgan fingerprint density at radius 3 is 2.12 bits per heavy atom. The lowest BCUT2D eigenvalue weighted by Gasteiger charge is -2.29. The van der Waals surface area contributed by atoms with Gasteiger partial charge in [0, 0.05) is 5.56 Å². The van der Waals surface area contributed by atoms with Gasteiger partial charge in [0.15, 0.2) is 0 Å². The zero-order chi connectivity index (χ0) is 23.1. The molecule has 0 aliphatic heterocycles. The molecular weight excluding hydrogens is 416 g/mol. The summed E-state index contributed by atoms with van der Waals surface area (Å²) < 4.78 is 55.4. The first kappa shape index (κ1) is 24.6. The maximum Gasteiger partial charge on any atom is 0.573 e. The van der Waals surface area contributed by atoms with E-state index in [1.165, 1.54) is 69.2 Å². The van der Waals surface area contributed by atoms with Crippen LogP contribution in [0.4, 0.5) is 17.6 Å². The molecule has 5 heteroatoms. The van der Waals surface area contributed by atoms with E-state index in [-0.39, 0.29) is 11.6 Å². The Labute approximate surface area is 189 Å². The van der Waals surface area contributed by atoms with Crippen molar-refractivity contribution in [2.24, 2.45) is 17.8 Å². The molecule has 1 fully saturated rings. The van der Waals surface area contributed by atoms with Crippen LogP contribution in [0.5, 0.6) is 5.75 Å². The van der Waals surface area contributed by atoms with Crippen LogP contribution >= 0.6 is 0 Å². The summed E-state index contributed by atoms with van der Waals surface area (Å²) in [6.07, 6.45) is 6.37. The van der Waals surface area contributed by atoms with Crippen LogP contribution in [0.2, 0.25) is 0 Å². The van der Waals surface area contributed by atoms with Crippen molar-refractivity contribution >= 4 is 0 Å². The van der Waals surface area contributed by atoms with E-state index < -0.39 is 6.36 Å². The number of halogens is 4. The lowest BCUT2D eigenvalue weighted by molar-refractivity contribution is -0.274. The monoisotopic (exact) mass is 450 g/mol. The first-order chi connectivity index (χ1) is 15.2. The van der Waals surface area contributed by atoms with Gasteiger partial charge in [-0.2, -0.15) is 0 Å². The summed E-state index contributed by atoms with van der Waals surface area (Å²) >= 11 is 0. The second-order valence-corrected chi connectivity index (χ2v) is 9.40. The maximum absolute atomic E-state index is 14.7. The molecule has 0 N–H and O–H groups in total. The van der Waals surface area contributed by atoms with Gasteiger partial charge in [-0.15, -0.1) is 13.2 Å². The van der Waals surface area contributed by atoms with Gasteiger partial charge in [0.2, 0.25) is 0 Å². The highest BCUT2D eigenvalue weighted by Crippen LogP contribution is 2.35. The molecule has 0 saturated heterocycles. The quantitative estimate of drug-likeness (QED) is 0.346. The third kappa shape index (κ3) is 7.53. The number of alkyl halides is 3. The average molecular weight is 451 g/mol. The summed E-state index contributed by atoms with van der Waals surface area (Å²) in [5.41, 5.74) is 1.88. The second-order valence-electron chi connectivity index (χ2n) is 9.40. The number of ether oxygens (including phenoxy) is 1. The first-order valence-corrected chi connectivity index (χ1v) is 11.9. The summed E-state index contributed by atoms with van der Waals surface area (Å²) in [4.78, 5) is 0. The topological polar surface area (TPSA) is 9.23 Å². The van der Waals surface area contributed by atoms with Gasteiger partial charge in [-0.05, 0) is 59.9 Å². The van der Waals surface area contributed by atoms with Crippen LogP contribution in [0.25, 0.3) is 11.1 Å². The number of benzene rings is 2. The molecule has 2 aromatic carbocycles. The normalized spacial score (nSPS) is 20.2. The average Bonchev–Trinajstić information content (AvgIpc) is 2.76. The molecular formula is C27H34F4O. The molecule has 1 nitrogen and oxygen atoms in total. The van der Waals surface area contributed by atoms with E-state index in [4.69, 9.17) is 0 Å². The molecule has 0 bridgehead atoms. The number of rotatable bonds is 9. The van der Waals surface area contributed by atoms with Crippen molar-refractivity contribution in [1.29, 1.82) is 0 Å². The number of aryl methyl sites for hydroxylation is 1. The lowest BCUT2D eigenvalue weighted by atomic mass is 9.77. The van der Waals surface area contributed by atoms with Crippen molar-refractivity contribution in [2.45, 2.75) is 78.0 Å². The Kier molecular flexibility index (Phi) is 8.61. The summed E-state index contributed by atoms with van der Waals surface area (Å²) in [5.74, 6) is 1.77. The van der Waals surface area contributed by atoms with Gasteiger partial charge in [-0.3, -0.25) is 0 Å². The smallest absolute Gasteiger partial charge is 0.406 e. The molecule has 3 rings (SSSR count). The molecule has 1 saturated carbocycles. The molecule has 1 unspecified atom stereocenters. The van der Waals surface area contributed by atoms with Crippen LogP contribution in [-0.2, 0) is 6.42 Å². The molecule has 0 aromatic heterocycles. The van der Waals surface area contributed by atoms with Gasteiger partial charge in [0.05, 0.1) is 0 Å². The fourth-order valence-corrected chi connectivity index (χ4v) is 4.69. The van der Waals surface area contributed by atoms with E-state index >= 15 is 0 Å². The van der Waals surface area contributed by atoms with Gasteiger partial charge in [0.1, 0.15) is 11.6 Å². The van der Waals surface area contributed by atoms with Crippen molar-refractivity contribution < 1.29 is 22.3 Å². The van der Waals surface area contributed by atoms with Gasteiger partial charge < -0.3 is 4.74 Å². The first-order valence-electron chi connectivity index (χ1n) is 11.9. The van der Waals surface area contributed by atoms with E-state index in [9.17, 15) is 17.6 Å². The predicted molar refractivity (Wildman–Crippen MR) is 121 cm³/mol. The highest BCUT2D eigenvalue weighted by molar-refractivity contribution is 5.65. The number of hydrogen-bond donors (Lipinski definition) is 0. The highest BCUT2D eigenvalue weighted by atomic mass is 19.4. The Bertz CT molecular complexity index is 836. The molecule has 0 spiro atoms. The largest absolute Gasteiger partial charge is 0.573 e. The maximum atomic E-state index is 14.7. The van der Waals surface area contributed by atoms with Gasteiger partial charge >= 0.3 is 6.36 Å². The van der Waals surface area contributed by atoms with E-state index in [0.717, 1.165) is 36.2 Å². The molecule has 176 valence electrons. The highest BCUT2D eigenvalue weighted by Gasteiger charge is 2.31. The van der Waals surface area contributed by atoms with Gasteiger partial charge in [0.25, 0.3) is 0 Å². The molecule has 32 heavy (non-hydrogen) atoms. The molecule has 0 heterocycles. The zero-order valence-electron chi connectivity index (χ0n) is 19.1. The van der Waals surface area contributed by atoms with E-state index in [0.29, 0.717) is 11.1 Å². The van der Waals surface area contributed by atoms with Crippen molar-refractivity contribution in [3.8, 4) is 16.9 Å². The SMILES string of the molecule is CCC(C)CCC1CCC(CCc2ccc(-c3ccc(OC(F)(F)F)cc3)c(F)c2)CC1. The molecule has 0 radical (unpaired) electrons. The van der Waals surface area contributed by atoms with Crippen molar-refractivity contribution in [3.63, 3.8) is 0 Å². The standard InChI is InChI=1S/C27H34F4O/c1-3-19(2)4-5-20-6-8-21(9-7-20)10-11-22-12-17-25(26(28)18-22)23-13-15-24(16-14-23)32-27(29,30)31/h12-21H,3-11H2,1-2H3. The summed E-state index contributed by atoms with van der Waals surface area (Å²) in [6.45, 7) is 4.60. The lowest BCUT2D eigenvalue weighted by Crippen LogP contribution is -2.16. The summed E-state index contributed by atoms with van der Waals surface area (Å²) in [5, 5.41) is 0. The van der Waals surface area contributed by atoms with Gasteiger partial charge in [-0.25, -0.2) is 4.39 Å². The van der Waals surface area contributed by atoms with E-state index in [1.54, 1.807) is 12.1 Å². The molecule has 1 atom stereocenters. The zero-order valence-corrected chi connectivity index (χ0v) is 19.1. The van der Waals surface area contributed by atoms with Crippen molar-refractivity contribution in [3.05, 3.63) is 53.8 Å². The minimum Gasteiger partial charge on any atom is -0.406 e. The van der Waals surface area contributed by atoms with Crippen LogP contribution in [0, 0.1) is 23.6 Å². The third-order valence-electron chi connectivity index (χ3n) is 7.00. The van der Waals surface area contributed by atoms with Crippen LogP contribution < -0.4 is 4.74 Å². The van der Waals surface area contributed by atoms with Crippen LogP contribution in [-0.4, -0.2) is 6.36 Å². The van der Waals surface area contributed by atoms with Crippen molar-refractivity contribution in [1.82, 2.24) is 0 Å². The molecule has 1 aliphatic rings. The fraction of sp³-hybridized carbons (Fsp3) is 0.556. The Morgan fingerprint density at radius 1 is 0.938 bits per heavy atom. The fourth-order valence-electron chi connectivity index (χ4n) is 4.69. The minimum absolute atomic E-state index is 0.312.